The predicted octanol–water partition coefficient (Wildman–Crippen LogP) is 2.19. The van der Waals surface area contributed by atoms with Crippen molar-refractivity contribution in [3.8, 4) is 0 Å². The highest BCUT2D eigenvalue weighted by Crippen LogP contribution is 2.24. The largest absolute Gasteiger partial charge is 0.388 e. The van der Waals surface area contributed by atoms with Crippen LogP contribution in [0.3, 0.4) is 0 Å². The Bertz CT molecular complexity index is 560. The van der Waals surface area contributed by atoms with Gasteiger partial charge in [-0.15, -0.1) is 0 Å². The zero-order valence-electron chi connectivity index (χ0n) is 10.8. The van der Waals surface area contributed by atoms with Gasteiger partial charge in [0.2, 0.25) is 0 Å². The van der Waals surface area contributed by atoms with Crippen LogP contribution < -0.4 is 5.32 Å². The molecule has 1 aliphatic heterocycles. The maximum absolute atomic E-state index is 10.4. The second-order valence-electron chi connectivity index (χ2n) is 5.07. The van der Waals surface area contributed by atoms with Crippen LogP contribution in [0.2, 0.25) is 0 Å². The first-order valence-corrected chi connectivity index (χ1v) is 6.65. The number of pyridine rings is 1. The maximum Gasteiger partial charge on any atom is 0.0933 e. The van der Waals surface area contributed by atoms with Crippen molar-refractivity contribution in [2.24, 2.45) is 0 Å². The first kappa shape index (κ1) is 12.4. The molecule has 100 valence electrons. The standard InChI is InChI=1S/C15H18N2O2/c18-15(6-9-19-10-7-15)11-17-13-5-1-3-12-4-2-8-16-14(12)13/h1-5,8,17-18H,6-7,9-11H2. The smallest absolute Gasteiger partial charge is 0.0933 e. The molecule has 0 bridgehead atoms. The minimum Gasteiger partial charge on any atom is -0.388 e. The van der Waals surface area contributed by atoms with E-state index >= 15 is 0 Å². The molecule has 0 atom stereocenters. The molecule has 19 heavy (non-hydrogen) atoms. The number of hydrogen-bond acceptors (Lipinski definition) is 4. The second kappa shape index (κ2) is 5.15. The zero-order valence-corrected chi connectivity index (χ0v) is 10.8. The van der Waals surface area contributed by atoms with Gasteiger partial charge in [-0.25, -0.2) is 0 Å². The van der Waals surface area contributed by atoms with Crippen molar-refractivity contribution < 1.29 is 9.84 Å². The molecule has 0 unspecified atom stereocenters. The Morgan fingerprint density at radius 3 is 2.84 bits per heavy atom. The Hall–Kier alpha value is -1.65. The van der Waals surface area contributed by atoms with Gasteiger partial charge in [0.25, 0.3) is 0 Å². The fourth-order valence-electron chi connectivity index (χ4n) is 2.43. The molecule has 0 radical (unpaired) electrons. The van der Waals surface area contributed by atoms with E-state index in [1.165, 1.54) is 0 Å². The monoisotopic (exact) mass is 258 g/mol. The summed E-state index contributed by atoms with van der Waals surface area (Å²) in [4.78, 5) is 4.40. The normalized spacial score (nSPS) is 18.4. The summed E-state index contributed by atoms with van der Waals surface area (Å²) in [5.74, 6) is 0. The first-order valence-electron chi connectivity index (χ1n) is 6.65. The molecule has 0 spiro atoms. The lowest BCUT2D eigenvalue weighted by atomic mass is 9.94. The summed E-state index contributed by atoms with van der Waals surface area (Å²) >= 11 is 0. The van der Waals surface area contributed by atoms with E-state index in [1.54, 1.807) is 6.20 Å². The van der Waals surface area contributed by atoms with E-state index in [0.29, 0.717) is 32.6 Å². The quantitative estimate of drug-likeness (QED) is 0.886. The van der Waals surface area contributed by atoms with Gasteiger partial charge in [-0.3, -0.25) is 4.98 Å². The molecular formula is C15H18N2O2. The number of fused-ring (bicyclic) bond motifs is 1. The summed E-state index contributed by atoms with van der Waals surface area (Å²) in [6.07, 6.45) is 3.15. The number of para-hydroxylation sites is 1. The fourth-order valence-corrected chi connectivity index (χ4v) is 2.43. The van der Waals surface area contributed by atoms with Gasteiger partial charge >= 0.3 is 0 Å². The van der Waals surface area contributed by atoms with Gasteiger partial charge in [-0.2, -0.15) is 0 Å². The number of nitrogens with zero attached hydrogens (tertiary/aromatic N) is 1. The molecule has 2 aromatic rings. The second-order valence-corrected chi connectivity index (χ2v) is 5.07. The number of rotatable bonds is 3. The van der Waals surface area contributed by atoms with E-state index in [1.807, 2.05) is 30.3 Å². The van der Waals surface area contributed by atoms with Crippen LogP contribution >= 0.6 is 0 Å². The number of nitrogens with one attached hydrogen (secondary N) is 1. The average Bonchev–Trinajstić information content (AvgIpc) is 2.46. The van der Waals surface area contributed by atoms with Gasteiger partial charge in [0, 0.05) is 44.2 Å². The Balaban J connectivity index is 1.78. The summed E-state index contributed by atoms with van der Waals surface area (Å²) < 4.78 is 5.29. The van der Waals surface area contributed by atoms with Crippen LogP contribution in [-0.4, -0.2) is 35.5 Å². The summed E-state index contributed by atoms with van der Waals surface area (Å²) in [6, 6.07) is 10.0. The van der Waals surface area contributed by atoms with Gasteiger partial charge in [-0.1, -0.05) is 18.2 Å². The van der Waals surface area contributed by atoms with Crippen molar-refractivity contribution >= 4 is 16.6 Å². The minimum atomic E-state index is -0.671. The summed E-state index contributed by atoms with van der Waals surface area (Å²) in [7, 11) is 0. The molecule has 4 nitrogen and oxygen atoms in total. The third-order valence-electron chi connectivity index (χ3n) is 3.66. The zero-order chi connectivity index (χ0) is 13.1. The van der Waals surface area contributed by atoms with E-state index in [0.717, 1.165) is 16.6 Å². The Kier molecular flexibility index (Phi) is 3.36. The maximum atomic E-state index is 10.4. The Labute approximate surface area is 112 Å². The molecule has 1 aromatic carbocycles. The lowest BCUT2D eigenvalue weighted by Crippen LogP contribution is -2.42. The van der Waals surface area contributed by atoms with Crippen LogP contribution in [0.4, 0.5) is 5.69 Å². The molecule has 0 saturated carbocycles. The van der Waals surface area contributed by atoms with Crippen molar-refractivity contribution in [1.82, 2.24) is 4.98 Å². The fraction of sp³-hybridized carbons (Fsp3) is 0.400. The number of ether oxygens (including phenoxy) is 1. The first-order chi connectivity index (χ1) is 9.27. The lowest BCUT2D eigenvalue weighted by Gasteiger charge is -2.32. The summed E-state index contributed by atoms with van der Waals surface area (Å²) in [5.41, 5.74) is 1.24. The third-order valence-corrected chi connectivity index (χ3v) is 3.66. The highest BCUT2D eigenvalue weighted by molar-refractivity contribution is 5.90. The highest BCUT2D eigenvalue weighted by Gasteiger charge is 2.29. The molecule has 4 heteroatoms. The lowest BCUT2D eigenvalue weighted by molar-refractivity contribution is -0.0543. The number of aromatic nitrogens is 1. The molecule has 1 aliphatic rings. The third kappa shape index (κ3) is 2.69. The Morgan fingerprint density at radius 2 is 2.00 bits per heavy atom. The summed E-state index contributed by atoms with van der Waals surface area (Å²) in [5, 5.41) is 14.9. The molecule has 1 fully saturated rings. The van der Waals surface area contributed by atoms with E-state index in [4.69, 9.17) is 4.74 Å². The molecule has 0 aliphatic carbocycles. The number of anilines is 1. The number of aliphatic hydroxyl groups is 1. The van der Waals surface area contributed by atoms with Crippen LogP contribution in [0.1, 0.15) is 12.8 Å². The van der Waals surface area contributed by atoms with Crippen LogP contribution in [0.15, 0.2) is 36.5 Å². The Morgan fingerprint density at radius 1 is 1.21 bits per heavy atom. The van der Waals surface area contributed by atoms with Crippen LogP contribution in [0.25, 0.3) is 10.9 Å². The van der Waals surface area contributed by atoms with E-state index in [9.17, 15) is 5.11 Å². The molecule has 2 heterocycles. The van der Waals surface area contributed by atoms with Gasteiger partial charge < -0.3 is 15.2 Å². The molecule has 1 aromatic heterocycles. The number of benzene rings is 1. The number of hydrogen-bond donors (Lipinski definition) is 2. The van der Waals surface area contributed by atoms with Crippen LogP contribution in [0.5, 0.6) is 0 Å². The average molecular weight is 258 g/mol. The molecule has 0 amide bonds. The van der Waals surface area contributed by atoms with Crippen molar-refractivity contribution in [1.29, 1.82) is 0 Å². The molecule has 2 N–H and O–H groups in total. The van der Waals surface area contributed by atoms with Crippen LogP contribution in [-0.2, 0) is 4.74 Å². The predicted molar refractivity (Wildman–Crippen MR) is 75.2 cm³/mol. The minimum absolute atomic E-state index is 0.534. The van der Waals surface area contributed by atoms with Gasteiger partial charge in [0.1, 0.15) is 0 Å². The molecule has 1 saturated heterocycles. The van der Waals surface area contributed by atoms with Gasteiger partial charge in [-0.05, 0) is 12.1 Å². The van der Waals surface area contributed by atoms with Crippen molar-refractivity contribution in [3.63, 3.8) is 0 Å². The van der Waals surface area contributed by atoms with E-state index in [-0.39, 0.29) is 0 Å². The van der Waals surface area contributed by atoms with E-state index in [2.05, 4.69) is 10.3 Å². The summed E-state index contributed by atoms with van der Waals surface area (Å²) in [6.45, 7) is 1.80. The van der Waals surface area contributed by atoms with Crippen molar-refractivity contribution in [2.45, 2.75) is 18.4 Å². The topological polar surface area (TPSA) is 54.4 Å². The molecule has 3 rings (SSSR count). The molecular weight excluding hydrogens is 240 g/mol. The highest BCUT2D eigenvalue weighted by atomic mass is 16.5. The van der Waals surface area contributed by atoms with Crippen LogP contribution in [0, 0.1) is 0 Å². The van der Waals surface area contributed by atoms with E-state index < -0.39 is 5.60 Å². The van der Waals surface area contributed by atoms with Crippen molar-refractivity contribution in [3.05, 3.63) is 36.5 Å². The van der Waals surface area contributed by atoms with Crippen molar-refractivity contribution in [2.75, 3.05) is 25.1 Å². The van der Waals surface area contributed by atoms with Gasteiger partial charge in [0.05, 0.1) is 16.8 Å². The van der Waals surface area contributed by atoms with Gasteiger partial charge in [0.15, 0.2) is 0 Å². The SMILES string of the molecule is OC1(CNc2cccc3cccnc23)CCOCC1.